The predicted octanol–water partition coefficient (Wildman–Crippen LogP) is 7.09. The van der Waals surface area contributed by atoms with Crippen LogP contribution in [0.3, 0.4) is 0 Å². The molecule has 0 aliphatic carbocycles. The highest BCUT2D eigenvalue weighted by Crippen LogP contribution is 2.45. The van der Waals surface area contributed by atoms with Gasteiger partial charge in [-0.1, -0.05) is 48.9 Å². The highest BCUT2D eigenvalue weighted by atomic mass is 32.1. The van der Waals surface area contributed by atoms with E-state index in [0.29, 0.717) is 56.1 Å². The Morgan fingerprint density at radius 2 is 1.74 bits per heavy atom. The van der Waals surface area contributed by atoms with Gasteiger partial charge in [-0.05, 0) is 67.7 Å². The number of aromatic nitrogens is 2. The van der Waals surface area contributed by atoms with Crippen LogP contribution in [0.1, 0.15) is 40.1 Å². The fourth-order valence-electron chi connectivity index (χ4n) is 5.98. The first-order chi connectivity index (χ1) is 22.6. The van der Waals surface area contributed by atoms with Crippen LogP contribution in [0.2, 0.25) is 0 Å². The maximum Gasteiger partial charge on any atom is 0.332 e. The number of rotatable bonds is 10. The molecule has 0 spiro atoms. The van der Waals surface area contributed by atoms with Gasteiger partial charge in [0.15, 0.2) is 17.3 Å². The van der Waals surface area contributed by atoms with Gasteiger partial charge in [-0.15, -0.1) is 11.3 Å². The number of hydrogen-bond acceptors (Lipinski definition) is 8. The molecule has 0 radical (unpaired) electrons. The van der Waals surface area contributed by atoms with Gasteiger partial charge >= 0.3 is 6.03 Å². The minimum Gasteiger partial charge on any atom is -0.493 e. The van der Waals surface area contributed by atoms with Gasteiger partial charge in [-0.25, -0.2) is 19.7 Å². The van der Waals surface area contributed by atoms with Gasteiger partial charge in [-0.2, -0.15) is 0 Å². The lowest BCUT2D eigenvalue weighted by Gasteiger charge is -2.27. The second kappa shape index (κ2) is 13.2. The lowest BCUT2D eigenvalue weighted by atomic mass is 10.0. The van der Waals surface area contributed by atoms with E-state index in [-0.39, 0.29) is 5.91 Å². The number of nitrogens with one attached hydrogen (secondary N) is 2. The highest BCUT2D eigenvalue weighted by molar-refractivity contribution is 7.21. The number of amides is 3. The topological polar surface area (TPSA) is 109 Å². The summed E-state index contributed by atoms with van der Waals surface area (Å²) in [6, 6.07) is 23.0. The summed E-state index contributed by atoms with van der Waals surface area (Å²) in [5.41, 5.74) is 3.95. The maximum absolute atomic E-state index is 13.6. The van der Waals surface area contributed by atoms with Gasteiger partial charge in [0.1, 0.15) is 22.6 Å². The molecule has 3 aromatic carbocycles. The number of ether oxygens (including phenoxy) is 2. The molecule has 10 nitrogen and oxygen atoms in total. The van der Waals surface area contributed by atoms with Gasteiger partial charge in [0.05, 0.1) is 23.9 Å². The molecule has 4 heterocycles. The summed E-state index contributed by atoms with van der Waals surface area (Å²) in [5, 5.41) is 6.50. The lowest BCUT2D eigenvalue weighted by molar-refractivity contribution is 0.103. The Morgan fingerprint density at radius 3 is 2.52 bits per heavy atom. The van der Waals surface area contributed by atoms with Crippen LogP contribution in [0.15, 0.2) is 79.1 Å². The first kappa shape index (κ1) is 29.7. The molecule has 234 valence electrons. The number of carbonyl (C=O) groups is 2. The van der Waals surface area contributed by atoms with E-state index in [0.717, 1.165) is 31.6 Å². The molecule has 7 rings (SSSR count). The summed E-state index contributed by atoms with van der Waals surface area (Å²) in [6.45, 7) is 3.65. The summed E-state index contributed by atoms with van der Waals surface area (Å²) < 4.78 is 11.6. The van der Waals surface area contributed by atoms with Crippen molar-refractivity contribution in [1.82, 2.24) is 14.9 Å². The van der Waals surface area contributed by atoms with Crippen molar-refractivity contribution in [1.29, 1.82) is 0 Å². The van der Waals surface area contributed by atoms with E-state index >= 15 is 0 Å². The Hall–Kier alpha value is -5.00. The molecule has 5 aromatic rings. The van der Waals surface area contributed by atoms with Gasteiger partial charge in [0.2, 0.25) is 0 Å². The Bertz CT molecular complexity index is 1870. The van der Waals surface area contributed by atoms with Crippen LogP contribution >= 0.6 is 11.3 Å². The van der Waals surface area contributed by atoms with E-state index in [1.807, 2.05) is 42.5 Å². The molecular formula is C35H34N6O4S. The average molecular weight is 635 g/mol. The molecule has 0 atom stereocenters. The van der Waals surface area contributed by atoms with Gasteiger partial charge in [0.25, 0.3) is 5.91 Å². The van der Waals surface area contributed by atoms with Crippen LogP contribution in [0.4, 0.5) is 27.7 Å². The molecule has 46 heavy (non-hydrogen) atoms. The molecule has 11 heteroatoms. The first-order valence-electron chi connectivity index (χ1n) is 15.4. The normalized spacial score (nSPS) is 14.6. The number of likely N-dealkylation sites (tertiary alicyclic amines) is 1. The summed E-state index contributed by atoms with van der Waals surface area (Å²) in [6.07, 6.45) is 5.98. The second-order valence-electron chi connectivity index (χ2n) is 11.3. The van der Waals surface area contributed by atoms with Crippen molar-refractivity contribution >= 4 is 56.4 Å². The minimum absolute atomic E-state index is 0.337. The van der Waals surface area contributed by atoms with Crippen LogP contribution in [0, 0.1) is 0 Å². The monoisotopic (exact) mass is 634 g/mol. The first-order valence-corrected chi connectivity index (χ1v) is 16.2. The minimum atomic E-state index is -0.400. The zero-order valence-corrected chi connectivity index (χ0v) is 26.3. The molecule has 2 N–H and O–H groups in total. The summed E-state index contributed by atoms with van der Waals surface area (Å²) >= 11 is 1.21. The summed E-state index contributed by atoms with van der Waals surface area (Å²) in [4.78, 5) is 40.9. The predicted molar refractivity (Wildman–Crippen MR) is 181 cm³/mol. The third kappa shape index (κ3) is 6.11. The van der Waals surface area contributed by atoms with Crippen LogP contribution in [0.5, 0.6) is 11.5 Å². The summed E-state index contributed by atoms with van der Waals surface area (Å²) in [5.74, 6) is 1.21. The number of piperidine rings is 1. The smallest absolute Gasteiger partial charge is 0.332 e. The molecule has 0 unspecified atom stereocenters. The van der Waals surface area contributed by atoms with Crippen molar-refractivity contribution in [2.45, 2.75) is 25.7 Å². The third-order valence-electron chi connectivity index (χ3n) is 8.30. The van der Waals surface area contributed by atoms with Crippen molar-refractivity contribution in [2.75, 3.05) is 48.9 Å². The number of benzene rings is 3. The molecule has 1 saturated heterocycles. The van der Waals surface area contributed by atoms with Crippen LogP contribution in [-0.4, -0.2) is 60.2 Å². The van der Waals surface area contributed by atoms with E-state index in [2.05, 4.69) is 37.6 Å². The number of urea groups is 1. The van der Waals surface area contributed by atoms with Crippen LogP contribution in [-0.2, 0) is 6.42 Å². The Kier molecular flexibility index (Phi) is 8.49. The maximum atomic E-state index is 13.6. The SMILES string of the molecule is COc1cc(NC(=O)c2sc3ncnc4c3c2NC(=O)N4c2ccc(Cc3ccccc3)cc2)ccc1OCCN1CCCCC1. The lowest BCUT2D eigenvalue weighted by Crippen LogP contribution is -2.35. The van der Waals surface area contributed by atoms with E-state index in [1.54, 1.807) is 25.3 Å². The van der Waals surface area contributed by atoms with Crippen LogP contribution in [0.25, 0.3) is 10.2 Å². The zero-order chi connectivity index (χ0) is 31.5. The average Bonchev–Trinajstić information content (AvgIpc) is 3.46. The molecule has 2 aliphatic rings. The molecule has 3 amide bonds. The standard InChI is InChI=1S/C35H34N6O4S/c1-44-28-21-25(12-15-27(28)45-19-18-40-16-6-3-7-17-40)38-33(42)31-30-29-32(36-22-37-34(29)46-31)41(35(43)39-30)26-13-10-24(11-14-26)20-23-8-4-2-5-9-23/h2,4-5,8-15,21-22H,3,6-7,16-20H2,1H3,(H,38,42)(H,39,43). The molecule has 0 saturated carbocycles. The van der Waals surface area contributed by atoms with Crippen molar-refractivity contribution in [3.63, 3.8) is 0 Å². The van der Waals surface area contributed by atoms with Crippen molar-refractivity contribution in [3.8, 4) is 11.5 Å². The fraction of sp³-hybridized carbons (Fsp3) is 0.257. The third-order valence-corrected chi connectivity index (χ3v) is 9.40. The van der Waals surface area contributed by atoms with Crippen molar-refractivity contribution in [2.24, 2.45) is 0 Å². The quantitative estimate of drug-likeness (QED) is 0.169. The molecule has 1 fully saturated rings. The number of methoxy groups -OCH3 is 1. The molecule has 2 aromatic heterocycles. The Balaban J connectivity index is 1.08. The number of hydrogen-bond donors (Lipinski definition) is 2. The van der Waals surface area contributed by atoms with Gasteiger partial charge < -0.3 is 20.1 Å². The van der Waals surface area contributed by atoms with Crippen molar-refractivity contribution in [3.05, 3.63) is 95.1 Å². The number of carbonyl (C=O) groups excluding carboxylic acids is 2. The van der Waals surface area contributed by atoms with Gasteiger partial charge in [0, 0.05) is 18.3 Å². The molecule has 0 bridgehead atoms. The number of thiophene rings is 1. The largest absolute Gasteiger partial charge is 0.493 e. The zero-order valence-electron chi connectivity index (χ0n) is 25.5. The molecule has 2 aliphatic heterocycles. The summed E-state index contributed by atoms with van der Waals surface area (Å²) in [7, 11) is 1.58. The van der Waals surface area contributed by atoms with Crippen LogP contribution < -0.4 is 25.0 Å². The van der Waals surface area contributed by atoms with Crippen molar-refractivity contribution < 1.29 is 19.1 Å². The fourth-order valence-corrected chi connectivity index (χ4v) is 6.97. The highest BCUT2D eigenvalue weighted by Gasteiger charge is 2.34. The second-order valence-corrected chi connectivity index (χ2v) is 12.3. The van der Waals surface area contributed by atoms with E-state index < -0.39 is 6.03 Å². The van der Waals surface area contributed by atoms with E-state index in [9.17, 15) is 9.59 Å². The Labute approximate surface area is 271 Å². The Morgan fingerprint density at radius 1 is 0.957 bits per heavy atom. The van der Waals surface area contributed by atoms with E-state index in [1.165, 1.54) is 47.4 Å². The van der Waals surface area contributed by atoms with Gasteiger partial charge in [-0.3, -0.25) is 9.69 Å². The number of nitrogens with zero attached hydrogens (tertiary/aromatic N) is 4. The molecular weight excluding hydrogens is 600 g/mol. The van der Waals surface area contributed by atoms with E-state index in [4.69, 9.17) is 9.47 Å². The number of anilines is 4.